The molecule has 0 saturated heterocycles. The van der Waals surface area contributed by atoms with Gasteiger partial charge in [0.2, 0.25) is 0 Å². The van der Waals surface area contributed by atoms with Crippen LogP contribution in [0.2, 0.25) is 5.02 Å². The average molecular weight is 210 g/mol. The molecule has 1 aliphatic carbocycles. The zero-order valence-corrected chi connectivity index (χ0v) is 9.22. The molecule has 2 N–H and O–H groups in total. The summed E-state index contributed by atoms with van der Waals surface area (Å²) in [4.78, 5) is 0. The third kappa shape index (κ3) is 1.55. The first-order valence-electron chi connectivity index (χ1n) is 5.22. The van der Waals surface area contributed by atoms with E-state index in [0.29, 0.717) is 11.8 Å². The topological polar surface area (TPSA) is 26.0 Å². The van der Waals surface area contributed by atoms with Gasteiger partial charge in [-0.05, 0) is 48.4 Å². The number of rotatable bonds is 2. The predicted octanol–water partition coefficient (Wildman–Crippen LogP) is 3.28. The molecule has 0 fully saturated rings. The lowest BCUT2D eigenvalue weighted by molar-refractivity contribution is 0.584. The van der Waals surface area contributed by atoms with E-state index in [4.69, 9.17) is 17.3 Å². The highest BCUT2D eigenvalue weighted by atomic mass is 35.5. The molecular weight excluding hydrogens is 194 g/mol. The van der Waals surface area contributed by atoms with E-state index in [9.17, 15) is 0 Å². The highest BCUT2D eigenvalue weighted by Crippen LogP contribution is 2.45. The quantitative estimate of drug-likeness (QED) is 0.795. The maximum atomic E-state index is 6.20. The van der Waals surface area contributed by atoms with Crippen molar-refractivity contribution in [3.05, 3.63) is 34.3 Å². The summed E-state index contributed by atoms with van der Waals surface area (Å²) in [6, 6.07) is 6.23. The first-order chi connectivity index (χ1) is 6.74. The Hall–Kier alpha value is -0.530. The van der Waals surface area contributed by atoms with Gasteiger partial charge in [0.05, 0.1) is 0 Å². The van der Waals surface area contributed by atoms with Gasteiger partial charge in [0, 0.05) is 5.02 Å². The summed E-state index contributed by atoms with van der Waals surface area (Å²) in [5.41, 5.74) is 8.40. The minimum atomic E-state index is 0.593. The van der Waals surface area contributed by atoms with Crippen molar-refractivity contribution in [3.63, 3.8) is 0 Å². The van der Waals surface area contributed by atoms with Crippen LogP contribution in [0.1, 0.15) is 42.7 Å². The number of benzene rings is 1. The molecule has 76 valence electrons. The van der Waals surface area contributed by atoms with Gasteiger partial charge in [-0.25, -0.2) is 0 Å². The number of halogens is 1. The fourth-order valence-corrected chi connectivity index (χ4v) is 2.94. The molecule has 0 heterocycles. The molecule has 0 aliphatic heterocycles. The summed E-state index contributed by atoms with van der Waals surface area (Å²) in [5, 5.41) is 0.925. The van der Waals surface area contributed by atoms with E-state index >= 15 is 0 Å². The number of hydrogen-bond donors (Lipinski definition) is 1. The van der Waals surface area contributed by atoms with Crippen LogP contribution in [-0.2, 0) is 0 Å². The standard InChI is InChI=1S/C12H16ClN/c1-8-7-9(5-6-14)10-3-2-4-11(13)12(8)10/h2-4,8-9H,5-7,14H2,1H3. The Labute approximate surface area is 90.3 Å². The molecule has 0 saturated carbocycles. The maximum absolute atomic E-state index is 6.20. The SMILES string of the molecule is CC1CC(CCN)c2cccc(Cl)c21. The number of nitrogens with two attached hydrogens (primary N) is 1. The molecule has 2 atom stereocenters. The van der Waals surface area contributed by atoms with Gasteiger partial charge in [-0.15, -0.1) is 0 Å². The molecule has 0 spiro atoms. The van der Waals surface area contributed by atoms with E-state index in [-0.39, 0.29) is 0 Å². The van der Waals surface area contributed by atoms with E-state index in [0.717, 1.165) is 18.0 Å². The Kier molecular flexibility index (Phi) is 2.80. The van der Waals surface area contributed by atoms with Crippen LogP contribution in [0.25, 0.3) is 0 Å². The van der Waals surface area contributed by atoms with E-state index < -0.39 is 0 Å². The lowest BCUT2D eigenvalue weighted by atomic mass is 9.98. The Bertz CT molecular complexity index is 335. The van der Waals surface area contributed by atoms with Crippen molar-refractivity contribution in [2.24, 2.45) is 5.73 Å². The Balaban J connectivity index is 2.39. The molecule has 1 aromatic rings. The van der Waals surface area contributed by atoms with Crippen LogP contribution in [0.5, 0.6) is 0 Å². The van der Waals surface area contributed by atoms with E-state index in [2.05, 4.69) is 13.0 Å². The highest BCUT2D eigenvalue weighted by Gasteiger charge is 2.28. The van der Waals surface area contributed by atoms with Crippen molar-refractivity contribution >= 4 is 11.6 Å². The maximum Gasteiger partial charge on any atom is 0.0443 e. The fraction of sp³-hybridized carbons (Fsp3) is 0.500. The second-order valence-corrected chi connectivity index (χ2v) is 4.56. The Morgan fingerprint density at radius 2 is 2.29 bits per heavy atom. The van der Waals surface area contributed by atoms with Crippen LogP contribution in [0.3, 0.4) is 0 Å². The van der Waals surface area contributed by atoms with E-state index in [1.165, 1.54) is 17.5 Å². The lowest BCUT2D eigenvalue weighted by Crippen LogP contribution is -2.04. The highest BCUT2D eigenvalue weighted by molar-refractivity contribution is 6.31. The molecule has 2 unspecified atom stereocenters. The van der Waals surface area contributed by atoms with Crippen molar-refractivity contribution in [2.75, 3.05) is 6.54 Å². The average Bonchev–Trinajstić information content (AvgIpc) is 2.46. The Morgan fingerprint density at radius 3 is 3.00 bits per heavy atom. The van der Waals surface area contributed by atoms with Gasteiger partial charge in [0.1, 0.15) is 0 Å². The smallest absolute Gasteiger partial charge is 0.0443 e. The van der Waals surface area contributed by atoms with Gasteiger partial charge < -0.3 is 5.73 Å². The summed E-state index contributed by atoms with van der Waals surface area (Å²) in [6.07, 6.45) is 2.29. The van der Waals surface area contributed by atoms with Crippen LogP contribution in [0.4, 0.5) is 0 Å². The summed E-state index contributed by atoms with van der Waals surface area (Å²) in [5.74, 6) is 1.22. The molecule has 1 nitrogen and oxygen atoms in total. The second-order valence-electron chi connectivity index (χ2n) is 4.15. The third-order valence-corrected chi connectivity index (χ3v) is 3.50. The van der Waals surface area contributed by atoms with Gasteiger partial charge >= 0.3 is 0 Å². The van der Waals surface area contributed by atoms with E-state index in [1.54, 1.807) is 0 Å². The first-order valence-corrected chi connectivity index (χ1v) is 5.60. The van der Waals surface area contributed by atoms with Crippen LogP contribution in [-0.4, -0.2) is 6.54 Å². The minimum absolute atomic E-state index is 0.593. The molecule has 0 bridgehead atoms. The summed E-state index contributed by atoms with van der Waals surface area (Å²) < 4.78 is 0. The van der Waals surface area contributed by atoms with Crippen LogP contribution < -0.4 is 5.73 Å². The summed E-state index contributed by atoms with van der Waals surface area (Å²) >= 11 is 6.20. The van der Waals surface area contributed by atoms with Crippen molar-refractivity contribution in [2.45, 2.75) is 31.6 Å². The van der Waals surface area contributed by atoms with Crippen LogP contribution in [0, 0.1) is 0 Å². The van der Waals surface area contributed by atoms with Gasteiger partial charge in [-0.3, -0.25) is 0 Å². The molecule has 2 rings (SSSR count). The van der Waals surface area contributed by atoms with E-state index in [1.807, 2.05) is 12.1 Å². The zero-order valence-electron chi connectivity index (χ0n) is 8.46. The van der Waals surface area contributed by atoms with Gasteiger partial charge in [-0.2, -0.15) is 0 Å². The molecule has 0 radical (unpaired) electrons. The molecule has 1 aromatic carbocycles. The molecule has 0 aromatic heterocycles. The van der Waals surface area contributed by atoms with Crippen molar-refractivity contribution in [3.8, 4) is 0 Å². The molecule has 0 amide bonds. The largest absolute Gasteiger partial charge is 0.330 e. The van der Waals surface area contributed by atoms with Gasteiger partial charge in [0.25, 0.3) is 0 Å². The summed E-state index contributed by atoms with van der Waals surface area (Å²) in [6.45, 7) is 3.02. The van der Waals surface area contributed by atoms with Crippen LogP contribution in [0.15, 0.2) is 18.2 Å². The normalized spacial score (nSPS) is 25.1. The predicted molar refractivity (Wildman–Crippen MR) is 60.9 cm³/mol. The zero-order chi connectivity index (χ0) is 10.1. The molecular formula is C12H16ClN. The monoisotopic (exact) mass is 209 g/mol. The first kappa shape index (κ1) is 10.0. The second kappa shape index (κ2) is 3.92. The number of fused-ring (bicyclic) bond motifs is 1. The van der Waals surface area contributed by atoms with Crippen molar-refractivity contribution in [1.82, 2.24) is 0 Å². The lowest BCUT2D eigenvalue weighted by Gasteiger charge is -2.09. The minimum Gasteiger partial charge on any atom is -0.330 e. The van der Waals surface area contributed by atoms with Crippen LogP contribution >= 0.6 is 11.6 Å². The van der Waals surface area contributed by atoms with Crippen molar-refractivity contribution in [1.29, 1.82) is 0 Å². The Morgan fingerprint density at radius 1 is 1.50 bits per heavy atom. The molecule has 2 heteroatoms. The third-order valence-electron chi connectivity index (χ3n) is 3.17. The molecule has 14 heavy (non-hydrogen) atoms. The molecule has 1 aliphatic rings. The van der Waals surface area contributed by atoms with Gasteiger partial charge in [0.15, 0.2) is 0 Å². The fourth-order valence-electron chi connectivity index (χ4n) is 2.58. The van der Waals surface area contributed by atoms with Gasteiger partial charge in [-0.1, -0.05) is 30.7 Å². The van der Waals surface area contributed by atoms with Crippen molar-refractivity contribution < 1.29 is 0 Å². The number of hydrogen-bond acceptors (Lipinski definition) is 1. The summed E-state index contributed by atoms with van der Waals surface area (Å²) in [7, 11) is 0.